The monoisotopic (exact) mass is 271 g/mol. The summed E-state index contributed by atoms with van der Waals surface area (Å²) in [6.07, 6.45) is -0.830. The third-order valence-electron chi connectivity index (χ3n) is 3.73. The average Bonchev–Trinajstić information content (AvgIpc) is 2.48. The number of nitrogens with zero attached hydrogens (tertiary/aromatic N) is 1. The molecule has 1 heterocycles. The van der Waals surface area contributed by atoms with E-state index in [2.05, 4.69) is 39.9 Å². The molecule has 0 aliphatic carbocycles. The summed E-state index contributed by atoms with van der Waals surface area (Å²) in [6.45, 7) is 15.0. The van der Waals surface area contributed by atoms with E-state index in [4.69, 9.17) is 19.2 Å². The molecule has 0 aromatic heterocycles. The van der Waals surface area contributed by atoms with Crippen LogP contribution in [0.1, 0.15) is 34.6 Å². The molecule has 1 fully saturated rings. The molecule has 0 aromatic carbocycles. The van der Waals surface area contributed by atoms with Gasteiger partial charge in [0.1, 0.15) is 6.10 Å². The maximum atomic E-state index is 9.06. The summed E-state index contributed by atoms with van der Waals surface area (Å²) >= 11 is 0. The van der Waals surface area contributed by atoms with Crippen molar-refractivity contribution in [2.75, 3.05) is 6.61 Å². The summed E-state index contributed by atoms with van der Waals surface area (Å²) in [7, 11) is -1.81. The molecule has 0 N–H and O–H groups in total. The maximum Gasteiger partial charge on any atom is 0.192 e. The van der Waals surface area contributed by atoms with Crippen molar-refractivity contribution < 1.29 is 13.9 Å². The lowest BCUT2D eigenvalue weighted by Gasteiger charge is -2.36. The van der Waals surface area contributed by atoms with Crippen LogP contribution in [0.5, 0.6) is 0 Å². The van der Waals surface area contributed by atoms with Gasteiger partial charge in [0.05, 0.1) is 12.7 Å². The van der Waals surface area contributed by atoms with E-state index in [-0.39, 0.29) is 11.1 Å². The first-order valence-electron chi connectivity index (χ1n) is 6.38. The van der Waals surface area contributed by atoms with E-state index in [1.807, 2.05) is 13.8 Å². The van der Waals surface area contributed by atoms with Gasteiger partial charge in [0, 0.05) is 0 Å². The molecular weight excluding hydrogens is 246 g/mol. The minimum absolute atomic E-state index is 0.157. The standard InChI is InChI=1S/C13H25NO3Si/c1-12(2,3)18(6,7)15-9-11-10(8-14)16-13(4,5)17-11/h10-11H,9H2,1-7H3/t10-,11+/m0/s1. The van der Waals surface area contributed by atoms with E-state index in [0.29, 0.717) is 6.61 Å². The van der Waals surface area contributed by atoms with Crippen LogP contribution in [0.25, 0.3) is 0 Å². The van der Waals surface area contributed by atoms with Crippen LogP contribution in [0.4, 0.5) is 0 Å². The van der Waals surface area contributed by atoms with Gasteiger partial charge in [-0.1, -0.05) is 20.8 Å². The van der Waals surface area contributed by atoms with Crippen LogP contribution < -0.4 is 0 Å². The molecule has 0 saturated carbocycles. The molecular formula is C13H25NO3Si. The minimum atomic E-state index is -1.81. The highest BCUT2D eigenvalue weighted by Gasteiger charge is 2.44. The van der Waals surface area contributed by atoms with Crippen molar-refractivity contribution in [3.05, 3.63) is 0 Å². The third kappa shape index (κ3) is 3.54. The Morgan fingerprint density at radius 1 is 1.28 bits per heavy atom. The zero-order valence-corrected chi connectivity index (χ0v) is 13.5. The van der Waals surface area contributed by atoms with Crippen molar-refractivity contribution in [3.63, 3.8) is 0 Å². The van der Waals surface area contributed by atoms with Crippen LogP contribution in [-0.4, -0.2) is 32.9 Å². The summed E-state index contributed by atoms with van der Waals surface area (Å²) in [5, 5.41) is 9.22. The van der Waals surface area contributed by atoms with Gasteiger partial charge in [-0.3, -0.25) is 0 Å². The molecule has 0 amide bonds. The van der Waals surface area contributed by atoms with Crippen molar-refractivity contribution in [1.82, 2.24) is 0 Å². The third-order valence-corrected chi connectivity index (χ3v) is 8.23. The van der Waals surface area contributed by atoms with Gasteiger partial charge >= 0.3 is 0 Å². The van der Waals surface area contributed by atoms with Crippen molar-refractivity contribution in [1.29, 1.82) is 5.26 Å². The Morgan fingerprint density at radius 2 is 1.83 bits per heavy atom. The summed E-state index contributed by atoms with van der Waals surface area (Å²) in [6, 6.07) is 2.13. The number of hydrogen-bond donors (Lipinski definition) is 0. The van der Waals surface area contributed by atoms with E-state index in [1.165, 1.54) is 0 Å². The first kappa shape index (κ1) is 15.6. The highest BCUT2D eigenvalue weighted by Crippen LogP contribution is 2.37. The van der Waals surface area contributed by atoms with Crippen molar-refractivity contribution >= 4 is 8.32 Å². The molecule has 0 radical (unpaired) electrons. The van der Waals surface area contributed by atoms with Crippen LogP contribution >= 0.6 is 0 Å². The van der Waals surface area contributed by atoms with E-state index in [0.717, 1.165) is 0 Å². The molecule has 0 spiro atoms. The van der Waals surface area contributed by atoms with E-state index in [9.17, 15) is 0 Å². The Labute approximate surface area is 111 Å². The first-order valence-corrected chi connectivity index (χ1v) is 9.28. The summed E-state index contributed by atoms with van der Waals surface area (Å²) in [5.74, 6) is -0.693. The fourth-order valence-corrected chi connectivity index (χ4v) is 2.59. The fraction of sp³-hybridized carbons (Fsp3) is 0.923. The number of rotatable bonds is 3. The van der Waals surface area contributed by atoms with Gasteiger partial charge in [0.15, 0.2) is 20.2 Å². The lowest BCUT2D eigenvalue weighted by Crippen LogP contribution is -2.43. The van der Waals surface area contributed by atoms with Gasteiger partial charge in [-0.15, -0.1) is 0 Å². The van der Waals surface area contributed by atoms with Crippen LogP contribution in [0.15, 0.2) is 0 Å². The first-order chi connectivity index (χ1) is 7.98. The molecule has 4 nitrogen and oxygen atoms in total. The van der Waals surface area contributed by atoms with Gasteiger partial charge in [-0.2, -0.15) is 5.26 Å². The van der Waals surface area contributed by atoms with Crippen molar-refractivity contribution in [2.45, 2.75) is 70.7 Å². The largest absolute Gasteiger partial charge is 0.414 e. The second-order valence-corrected chi connectivity index (χ2v) is 11.6. The zero-order valence-electron chi connectivity index (χ0n) is 12.5. The van der Waals surface area contributed by atoms with E-state index < -0.39 is 20.2 Å². The molecule has 1 saturated heterocycles. The topological polar surface area (TPSA) is 51.5 Å². The Balaban J connectivity index is 2.62. The number of hydrogen-bond acceptors (Lipinski definition) is 4. The summed E-state index contributed by atoms with van der Waals surface area (Å²) in [5.41, 5.74) is 0. The second-order valence-electron chi connectivity index (χ2n) is 6.79. The predicted molar refractivity (Wildman–Crippen MR) is 72.6 cm³/mol. The summed E-state index contributed by atoms with van der Waals surface area (Å²) < 4.78 is 17.3. The maximum absolute atomic E-state index is 9.06. The van der Waals surface area contributed by atoms with Crippen molar-refractivity contribution in [2.24, 2.45) is 0 Å². The highest BCUT2D eigenvalue weighted by molar-refractivity contribution is 6.74. The number of ether oxygens (including phenoxy) is 2. The highest BCUT2D eigenvalue weighted by atomic mass is 28.4. The smallest absolute Gasteiger partial charge is 0.192 e. The van der Waals surface area contributed by atoms with E-state index >= 15 is 0 Å². The quantitative estimate of drug-likeness (QED) is 0.740. The molecule has 0 unspecified atom stereocenters. The van der Waals surface area contributed by atoms with Crippen LogP contribution in [0.3, 0.4) is 0 Å². The fourth-order valence-electron chi connectivity index (χ4n) is 1.57. The summed E-state index contributed by atoms with van der Waals surface area (Å²) in [4.78, 5) is 0. The van der Waals surface area contributed by atoms with E-state index in [1.54, 1.807) is 0 Å². The van der Waals surface area contributed by atoms with Gasteiger partial charge in [-0.25, -0.2) is 0 Å². The second kappa shape index (κ2) is 4.93. The Morgan fingerprint density at radius 3 is 2.28 bits per heavy atom. The molecule has 5 heteroatoms. The normalized spacial score (nSPS) is 28.1. The molecule has 0 aromatic rings. The molecule has 0 bridgehead atoms. The van der Waals surface area contributed by atoms with Gasteiger partial charge in [0.25, 0.3) is 0 Å². The lowest BCUT2D eigenvalue weighted by molar-refractivity contribution is -0.145. The number of nitriles is 1. The SMILES string of the molecule is CC1(C)O[C@@H](C#N)[C@@H](CO[Si](C)(C)C(C)(C)C)O1. The molecule has 2 atom stereocenters. The van der Waals surface area contributed by atoms with Gasteiger partial charge in [0.2, 0.25) is 0 Å². The minimum Gasteiger partial charge on any atom is -0.414 e. The van der Waals surface area contributed by atoms with Crippen LogP contribution in [0.2, 0.25) is 18.1 Å². The molecule has 1 aliphatic rings. The molecule has 104 valence electrons. The van der Waals surface area contributed by atoms with Crippen LogP contribution in [-0.2, 0) is 13.9 Å². The lowest BCUT2D eigenvalue weighted by atomic mass is 10.2. The Hall–Kier alpha value is -0.413. The molecule has 1 aliphatic heterocycles. The Kier molecular flexibility index (Phi) is 4.29. The average molecular weight is 271 g/mol. The van der Waals surface area contributed by atoms with Gasteiger partial charge in [-0.05, 0) is 32.0 Å². The van der Waals surface area contributed by atoms with Crippen LogP contribution in [0, 0.1) is 11.3 Å². The van der Waals surface area contributed by atoms with Gasteiger partial charge < -0.3 is 13.9 Å². The Bertz CT molecular complexity index is 341. The predicted octanol–water partition coefficient (Wildman–Crippen LogP) is 3.05. The molecule has 18 heavy (non-hydrogen) atoms. The van der Waals surface area contributed by atoms with Crippen molar-refractivity contribution in [3.8, 4) is 6.07 Å². The zero-order chi connectivity index (χ0) is 14.2. The molecule has 1 rings (SSSR count).